The van der Waals surface area contributed by atoms with Crippen LogP contribution in [-0.2, 0) is 15.8 Å². The van der Waals surface area contributed by atoms with Crippen molar-refractivity contribution in [3.8, 4) is 0 Å². The number of nitrogens with one attached hydrogen (secondary N) is 1. The second kappa shape index (κ2) is 9.47. The van der Waals surface area contributed by atoms with Gasteiger partial charge in [-0.1, -0.05) is 35.9 Å². The van der Waals surface area contributed by atoms with Crippen LogP contribution in [0.3, 0.4) is 0 Å². The maximum Gasteiger partial charge on any atom is 0.251 e. The van der Waals surface area contributed by atoms with E-state index in [9.17, 15) is 13.2 Å². The first kappa shape index (κ1) is 20.7. The summed E-state index contributed by atoms with van der Waals surface area (Å²) in [4.78, 5) is 12.4. The van der Waals surface area contributed by atoms with Gasteiger partial charge in [0.25, 0.3) is 5.91 Å². The second-order valence-electron chi connectivity index (χ2n) is 6.94. The van der Waals surface area contributed by atoms with Crippen LogP contribution >= 0.6 is 11.8 Å². The normalized spacial score (nSPS) is 16.0. The highest BCUT2D eigenvalue weighted by Crippen LogP contribution is 2.24. The van der Waals surface area contributed by atoms with Crippen LogP contribution in [0, 0.1) is 6.92 Å². The highest BCUT2D eigenvalue weighted by Gasteiger charge is 2.26. The quantitative estimate of drug-likeness (QED) is 0.698. The van der Waals surface area contributed by atoms with Crippen molar-refractivity contribution < 1.29 is 13.2 Å². The summed E-state index contributed by atoms with van der Waals surface area (Å²) in [6, 6.07) is 15.3. The molecule has 1 fully saturated rings. The van der Waals surface area contributed by atoms with Crippen molar-refractivity contribution in [2.24, 2.45) is 0 Å². The lowest BCUT2D eigenvalue weighted by Crippen LogP contribution is -2.38. The predicted molar refractivity (Wildman–Crippen MR) is 116 cm³/mol. The van der Waals surface area contributed by atoms with Gasteiger partial charge in [-0.3, -0.25) is 9.10 Å². The summed E-state index contributed by atoms with van der Waals surface area (Å²) >= 11 is 1.77. The maximum absolute atomic E-state index is 12.4. The molecule has 0 spiro atoms. The Morgan fingerprint density at radius 3 is 2.68 bits per heavy atom. The summed E-state index contributed by atoms with van der Waals surface area (Å²) < 4.78 is 26.0. The summed E-state index contributed by atoms with van der Waals surface area (Å²) in [6.45, 7) is 3.12. The fourth-order valence-electron chi connectivity index (χ4n) is 3.09. The van der Waals surface area contributed by atoms with Gasteiger partial charge in [-0.05, 0) is 43.5 Å². The Bertz CT molecular complexity index is 912. The summed E-state index contributed by atoms with van der Waals surface area (Å²) in [5, 5.41) is 2.92. The van der Waals surface area contributed by atoms with Crippen LogP contribution in [0.2, 0.25) is 0 Å². The van der Waals surface area contributed by atoms with E-state index in [4.69, 9.17) is 0 Å². The number of carbonyl (C=O) groups excluding carboxylic acids is 1. The number of thioether (sulfide) groups is 1. The van der Waals surface area contributed by atoms with Gasteiger partial charge < -0.3 is 5.32 Å². The molecule has 1 saturated heterocycles. The van der Waals surface area contributed by atoms with Crippen LogP contribution in [0.4, 0.5) is 5.69 Å². The fourth-order valence-corrected chi connectivity index (χ4v) is 5.54. The molecule has 5 nitrogen and oxygen atoms in total. The first-order chi connectivity index (χ1) is 13.5. The van der Waals surface area contributed by atoms with Crippen molar-refractivity contribution in [1.29, 1.82) is 0 Å². The van der Waals surface area contributed by atoms with Gasteiger partial charge >= 0.3 is 0 Å². The van der Waals surface area contributed by atoms with E-state index in [0.717, 1.165) is 17.9 Å². The van der Waals surface area contributed by atoms with Gasteiger partial charge in [0.2, 0.25) is 10.0 Å². The van der Waals surface area contributed by atoms with E-state index in [1.165, 1.54) is 15.4 Å². The molecule has 0 saturated carbocycles. The molecule has 2 aromatic rings. The average Bonchev–Trinajstić information content (AvgIpc) is 2.69. The number of hydrogen-bond acceptors (Lipinski definition) is 4. The molecule has 0 radical (unpaired) electrons. The molecule has 0 bridgehead atoms. The number of hydrogen-bond donors (Lipinski definition) is 1. The average molecular weight is 419 g/mol. The lowest BCUT2D eigenvalue weighted by molar-refractivity contribution is 0.0956. The number of rotatable bonds is 7. The number of carbonyl (C=O) groups is 1. The highest BCUT2D eigenvalue weighted by atomic mass is 32.2. The molecule has 1 aliphatic heterocycles. The van der Waals surface area contributed by atoms with E-state index < -0.39 is 10.0 Å². The van der Waals surface area contributed by atoms with E-state index in [1.54, 1.807) is 36.0 Å². The largest absolute Gasteiger partial charge is 0.351 e. The molecule has 0 atom stereocenters. The van der Waals surface area contributed by atoms with Crippen molar-refractivity contribution in [1.82, 2.24) is 5.32 Å². The Morgan fingerprint density at radius 2 is 1.93 bits per heavy atom. The molecule has 0 unspecified atom stereocenters. The molecule has 2 aromatic carbocycles. The monoisotopic (exact) mass is 418 g/mol. The predicted octanol–water partition coefficient (Wildman–Crippen LogP) is 3.59. The van der Waals surface area contributed by atoms with Crippen LogP contribution in [0.1, 0.15) is 34.3 Å². The van der Waals surface area contributed by atoms with Crippen LogP contribution in [0.25, 0.3) is 0 Å². The van der Waals surface area contributed by atoms with Crippen molar-refractivity contribution >= 4 is 33.4 Å². The third-order valence-electron chi connectivity index (χ3n) is 4.67. The van der Waals surface area contributed by atoms with Gasteiger partial charge in [0.1, 0.15) is 0 Å². The number of aryl methyl sites for hydroxylation is 1. The minimum atomic E-state index is -3.27. The Balaban J connectivity index is 1.50. The van der Waals surface area contributed by atoms with Crippen LogP contribution in [0.15, 0.2) is 48.5 Å². The molecule has 28 heavy (non-hydrogen) atoms. The molecular formula is C21H26N2O3S2. The van der Waals surface area contributed by atoms with E-state index in [-0.39, 0.29) is 11.7 Å². The molecule has 1 N–H and O–H groups in total. The van der Waals surface area contributed by atoms with E-state index in [0.29, 0.717) is 30.8 Å². The van der Waals surface area contributed by atoms with Gasteiger partial charge in [-0.2, -0.15) is 11.8 Å². The summed E-state index contributed by atoms with van der Waals surface area (Å²) in [5.41, 5.74) is 3.58. The zero-order valence-corrected chi connectivity index (χ0v) is 17.7. The minimum Gasteiger partial charge on any atom is -0.351 e. The van der Waals surface area contributed by atoms with E-state index >= 15 is 0 Å². The molecule has 1 amide bonds. The molecule has 1 heterocycles. The van der Waals surface area contributed by atoms with Gasteiger partial charge in [0.05, 0.1) is 11.4 Å². The topological polar surface area (TPSA) is 66.5 Å². The Labute approximate surface area is 171 Å². The summed E-state index contributed by atoms with van der Waals surface area (Å²) in [7, 11) is -3.27. The van der Waals surface area contributed by atoms with Crippen molar-refractivity contribution in [2.45, 2.75) is 25.5 Å². The van der Waals surface area contributed by atoms with E-state index in [1.807, 2.05) is 0 Å². The van der Waals surface area contributed by atoms with E-state index in [2.05, 4.69) is 36.5 Å². The third kappa shape index (κ3) is 5.52. The Kier molecular flexibility index (Phi) is 7.02. The molecular weight excluding hydrogens is 392 g/mol. The van der Waals surface area contributed by atoms with Gasteiger partial charge in [0.15, 0.2) is 0 Å². The summed E-state index contributed by atoms with van der Waals surface area (Å²) in [5.74, 6) is 1.73. The lowest BCUT2D eigenvalue weighted by atomic mass is 10.2. The Hall–Kier alpha value is -1.99. The molecule has 7 heteroatoms. The molecule has 0 aromatic heterocycles. The number of anilines is 1. The highest BCUT2D eigenvalue weighted by molar-refractivity contribution is 7.98. The second-order valence-corrected chi connectivity index (χ2v) is 10.1. The number of amides is 1. The van der Waals surface area contributed by atoms with Crippen molar-refractivity contribution in [2.75, 3.05) is 28.9 Å². The summed E-state index contributed by atoms with van der Waals surface area (Å²) in [6.07, 6.45) is 1.53. The fraction of sp³-hybridized carbons (Fsp3) is 0.381. The van der Waals surface area contributed by atoms with Crippen molar-refractivity contribution in [3.63, 3.8) is 0 Å². The molecule has 3 rings (SSSR count). The third-order valence-corrected chi connectivity index (χ3v) is 7.57. The van der Waals surface area contributed by atoms with Gasteiger partial charge in [-0.25, -0.2) is 8.42 Å². The lowest BCUT2D eigenvalue weighted by Gasteiger charge is -2.28. The SMILES string of the molecule is Cc1ccc(CSCCNC(=O)c2cccc(N3CCCCS3(=O)=O)c2)cc1. The van der Waals surface area contributed by atoms with Crippen LogP contribution in [-0.4, -0.2) is 38.9 Å². The maximum atomic E-state index is 12.4. The van der Waals surface area contributed by atoms with Crippen LogP contribution < -0.4 is 9.62 Å². The zero-order valence-electron chi connectivity index (χ0n) is 16.1. The molecule has 0 aliphatic carbocycles. The van der Waals surface area contributed by atoms with Crippen molar-refractivity contribution in [3.05, 3.63) is 65.2 Å². The first-order valence-electron chi connectivity index (χ1n) is 9.48. The van der Waals surface area contributed by atoms with Crippen LogP contribution in [0.5, 0.6) is 0 Å². The smallest absolute Gasteiger partial charge is 0.251 e. The van der Waals surface area contributed by atoms with Gasteiger partial charge in [0, 0.05) is 30.2 Å². The molecule has 150 valence electrons. The number of nitrogens with zero attached hydrogens (tertiary/aromatic N) is 1. The Morgan fingerprint density at radius 1 is 1.14 bits per heavy atom. The minimum absolute atomic E-state index is 0.168. The zero-order chi connectivity index (χ0) is 20.0. The standard InChI is InChI=1S/C21H26N2O3S2/c1-17-7-9-18(10-8-17)16-27-13-11-22-21(24)19-5-4-6-20(15-19)23-12-2-3-14-28(23,25)26/h4-10,15H,2-3,11-14,16H2,1H3,(H,22,24). The number of benzene rings is 2. The number of sulfonamides is 1. The first-order valence-corrected chi connectivity index (χ1v) is 12.2. The van der Waals surface area contributed by atoms with Gasteiger partial charge in [-0.15, -0.1) is 0 Å². The molecule has 1 aliphatic rings.